The number of hydrogen-bond acceptors (Lipinski definition) is 2. The van der Waals surface area contributed by atoms with E-state index in [1.165, 1.54) is 34.5 Å². The van der Waals surface area contributed by atoms with Gasteiger partial charge in [-0.1, -0.05) is 54.6 Å². The SMILES string of the molecule is c1ccc(-c2ccc(-c3csc(C4CC4)n3)cc2)cc1. The summed E-state index contributed by atoms with van der Waals surface area (Å²) in [5.41, 5.74) is 4.85. The summed E-state index contributed by atoms with van der Waals surface area (Å²) in [7, 11) is 0. The van der Waals surface area contributed by atoms with Crippen molar-refractivity contribution in [3.05, 3.63) is 65.0 Å². The summed E-state index contributed by atoms with van der Waals surface area (Å²) in [4.78, 5) is 4.76. The molecular weight excluding hydrogens is 262 g/mol. The Morgan fingerprint density at radius 1 is 0.800 bits per heavy atom. The average molecular weight is 277 g/mol. The van der Waals surface area contributed by atoms with Gasteiger partial charge in [0, 0.05) is 16.9 Å². The van der Waals surface area contributed by atoms with E-state index in [-0.39, 0.29) is 0 Å². The second kappa shape index (κ2) is 4.88. The zero-order chi connectivity index (χ0) is 13.4. The molecule has 1 aliphatic carbocycles. The van der Waals surface area contributed by atoms with Gasteiger partial charge in [0.05, 0.1) is 10.7 Å². The summed E-state index contributed by atoms with van der Waals surface area (Å²) in [6.45, 7) is 0. The fourth-order valence-corrected chi connectivity index (χ4v) is 3.40. The van der Waals surface area contributed by atoms with Gasteiger partial charge in [0.15, 0.2) is 0 Å². The predicted octanol–water partition coefficient (Wildman–Crippen LogP) is 5.35. The van der Waals surface area contributed by atoms with E-state index in [1.54, 1.807) is 11.3 Å². The minimum atomic E-state index is 0.748. The Bertz CT molecular complexity index is 709. The third-order valence-electron chi connectivity index (χ3n) is 3.74. The van der Waals surface area contributed by atoms with Crippen LogP contribution in [-0.4, -0.2) is 4.98 Å². The summed E-state index contributed by atoms with van der Waals surface area (Å²) in [6.07, 6.45) is 2.64. The van der Waals surface area contributed by atoms with E-state index < -0.39 is 0 Å². The highest BCUT2D eigenvalue weighted by Crippen LogP contribution is 2.42. The molecule has 1 saturated carbocycles. The van der Waals surface area contributed by atoms with Crippen molar-refractivity contribution in [1.82, 2.24) is 4.98 Å². The van der Waals surface area contributed by atoms with Crippen molar-refractivity contribution in [1.29, 1.82) is 0 Å². The van der Waals surface area contributed by atoms with Crippen molar-refractivity contribution in [2.45, 2.75) is 18.8 Å². The van der Waals surface area contributed by atoms with Crippen LogP contribution in [0.2, 0.25) is 0 Å². The Morgan fingerprint density at radius 2 is 1.45 bits per heavy atom. The lowest BCUT2D eigenvalue weighted by atomic mass is 10.0. The Kier molecular flexibility index (Phi) is 2.89. The lowest BCUT2D eigenvalue weighted by Crippen LogP contribution is -1.81. The van der Waals surface area contributed by atoms with Gasteiger partial charge >= 0.3 is 0 Å². The first-order valence-corrected chi connectivity index (χ1v) is 7.89. The highest BCUT2D eigenvalue weighted by Gasteiger charge is 2.26. The van der Waals surface area contributed by atoms with Crippen molar-refractivity contribution in [3.8, 4) is 22.4 Å². The highest BCUT2D eigenvalue weighted by atomic mass is 32.1. The third kappa shape index (κ3) is 2.27. The average Bonchev–Trinajstić information content (AvgIpc) is 3.26. The maximum absolute atomic E-state index is 4.76. The second-order valence-electron chi connectivity index (χ2n) is 5.29. The zero-order valence-corrected chi connectivity index (χ0v) is 11.9. The lowest BCUT2D eigenvalue weighted by molar-refractivity contribution is 1.09. The van der Waals surface area contributed by atoms with Crippen LogP contribution in [0.25, 0.3) is 22.4 Å². The monoisotopic (exact) mass is 277 g/mol. The van der Waals surface area contributed by atoms with Crippen LogP contribution in [0.4, 0.5) is 0 Å². The molecule has 1 aromatic heterocycles. The molecule has 0 bridgehead atoms. The summed E-state index contributed by atoms with van der Waals surface area (Å²) < 4.78 is 0. The number of hydrogen-bond donors (Lipinski definition) is 0. The molecule has 2 aromatic carbocycles. The molecule has 0 unspecified atom stereocenters. The van der Waals surface area contributed by atoms with Gasteiger partial charge < -0.3 is 0 Å². The van der Waals surface area contributed by atoms with E-state index in [0.29, 0.717) is 0 Å². The Morgan fingerprint density at radius 3 is 2.15 bits per heavy atom. The van der Waals surface area contributed by atoms with Crippen molar-refractivity contribution in [2.75, 3.05) is 0 Å². The van der Waals surface area contributed by atoms with E-state index in [1.807, 2.05) is 6.07 Å². The molecule has 0 aliphatic heterocycles. The van der Waals surface area contributed by atoms with Gasteiger partial charge in [-0.05, 0) is 24.0 Å². The molecule has 20 heavy (non-hydrogen) atoms. The smallest absolute Gasteiger partial charge is 0.0963 e. The third-order valence-corrected chi connectivity index (χ3v) is 4.74. The zero-order valence-electron chi connectivity index (χ0n) is 11.1. The molecule has 0 amide bonds. The van der Waals surface area contributed by atoms with E-state index in [0.717, 1.165) is 11.6 Å². The van der Waals surface area contributed by atoms with Gasteiger partial charge in [-0.25, -0.2) is 4.98 Å². The predicted molar refractivity (Wildman–Crippen MR) is 85.0 cm³/mol. The van der Waals surface area contributed by atoms with Gasteiger partial charge in [0.2, 0.25) is 0 Å². The van der Waals surface area contributed by atoms with Crippen LogP contribution in [0.15, 0.2) is 60.0 Å². The van der Waals surface area contributed by atoms with Crippen LogP contribution < -0.4 is 0 Å². The molecule has 98 valence electrons. The molecule has 2 heteroatoms. The fourth-order valence-electron chi connectivity index (χ4n) is 2.40. The fraction of sp³-hybridized carbons (Fsp3) is 0.167. The molecule has 0 radical (unpaired) electrons. The van der Waals surface area contributed by atoms with Crippen molar-refractivity contribution >= 4 is 11.3 Å². The van der Waals surface area contributed by atoms with Gasteiger partial charge in [-0.3, -0.25) is 0 Å². The van der Waals surface area contributed by atoms with E-state index in [2.05, 4.69) is 53.9 Å². The highest BCUT2D eigenvalue weighted by molar-refractivity contribution is 7.10. The molecule has 4 rings (SSSR count). The van der Waals surface area contributed by atoms with Crippen LogP contribution in [-0.2, 0) is 0 Å². The molecule has 1 heterocycles. The molecule has 0 N–H and O–H groups in total. The standard InChI is InChI=1S/C18H15NS/c1-2-4-13(5-3-1)14-6-8-15(9-7-14)17-12-20-18(19-17)16-10-11-16/h1-9,12,16H,10-11H2. The number of aromatic nitrogens is 1. The van der Waals surface area contributed by atoms with Crippen LogP contribution in [0.1, 0.15) is 23.8 Å². The van der Waals surface area contributed by atoms with Crippen molar-refractivity contribution < 1.29 is 0 Å². The number of thiazole rings is 1. The summed E-state index contributed by atoms with van der Waals surface area (Å²) in [5.74, 6) is 0.748. The number of benzene rings is 2. The van der Waals surface area contributed by atoms with Crippen LogP contribution in [0.5, 0.6) is 0 Å². The molecule has 0 saturated heterocycles. The molecule has 0 atom stereocenters. The first-order chi connectivity index (χ1) is 9.90. The Hall–Kier alpha value is -1.93. The number of rotatable bonds is 3. The van der Waals surface area contributed by atoms with Crippen molar-refractivity contribution in [3.63, 3.8) is 0 Å². The maximum atomic E-state index is 4.76. The lowest BCUT2D eigenvalue weighted by Gasteiger charge is -2.02. The minimum absolute atomic E-state index is 0.748. The van der Waals surface area contributed by atoms with Gasteiger partial charge in [-0.2, -0.15) is 0 Å². The Balaban J connectivity index is 1.63. The van der Waals surface area contributed by atoms with E-state index >= 15 is 0 Å². The van der Waals surface area contributed by atoms with Gasteiger partial charge in [-0.15, -0.1) is 11.3 Å². The topological polar surface area (TPSA) is 12.9 Å². The van der Waals surface area contributed by atoms with Crippen molar-refractivity contribution in [2.24, 2.45) is 0 Å². The molecular formula is C18H15NS. The maximum Gasteiger partial charge on any atom is 0.0963 e. The van der Waals surface area contributed by atoms with Crippen LogP contribution >= 0.6 is 11.3 Å². The molecule has 1 nitrogen and oxygen atoms in total. The molecule has 3 aromatic rings. The van der Waals surface area contributed by atoms with Gasteiger partial charge in [0.1, 0.15) is 0 Å². The van der Waals surface area contributed by atoms with Crippen LogP contribution in [0.3, 0.4) is 0 Å². The number of nitrogens with zero attached hydrogens (tertiary/aromatic N) is 1. The van der Waals surface area contributed by atoms with Gasteiger partial charge in [0.25, 0.3) is 0 Å². The van der Waals surface area contributed by atoms with E-state index in [4.69, 9.17) is 4.98 Å². The molecule has 1 fully saturated rings. The normalized spacial score (nSPS) is 14.4. The van der Waals surface area contributed by atoms with Crippen LogP contribution in [0, 0.1) is 0 Å². The summed E-state index contributed by atoms with van der Waals surface area (Å²) in [6, 6.07) is 19.2. The quantitative estimate of drug-likeness (QED) is 0.628. The largest absolute Gasteiger partial charge is 0.241 e. The Labute approximate surface area is 122 Å². The summed E-state index contributed by atoms with van der Waals surface area (Å²) >= 11 is 1.80. The summed E-state index contributed by atoms with van der Waals surface area (Å²) in [5, 5.41) is 3.50. The van der Waals surface area contributed by atoms with E-state index in [9.17, 15) is 0 Å². The first kappa shape index (κ1) is 11.9. The molecule has 0 spiro atoms. The minimum Gasteiger partial charge on any atom is -0.241 e. The molecule has 1 aliphatic rings. The first-order valence-electron chi connectivity index (χ1n) is 7.01. The second-order valence-corrected chi connectivity index (χ2v) is 6.18.